The third-order valence-corrected chi connectivity index (χ3v) is 4.28. The van der Waals surface area contributed by atoms with Crippen molar-refractivity contribution in [3.05, 3.63) is 36.3 Å². The highest BCUT2D eigenvalue weighted by Crippen LogP contribution is 2.22. The number of hydrogen-bond donors (Lipinski definition) is 3. The summed E-state index contributed by atoms with van der Waals surface area (Å²) < 4.78 is 14.2. The average Bonchev–Trinajstić information content (AvgIpc) is 2.99. The van der Waals surface area contributed by atoms with E-state index in [1.54, 1.807) is 6.20 Å². The van der Waals surface area contributed by atoms with Gasteiger partial charge in [0.25, 0.3) is 0 Å². The Morgan fingerprint density at radius 2 is 2.35 bits per heavy atom. The first-order valence-corrected chi connectivity index (χ1v) is 7.78. The highest BCUT2D eigenvalue weighted by atomic mass is 19.2. The Morgan fingerprint density at radius 1 is 1.52 bits per heavy atom. The Morgan fingerprint density at radius 3 is 3.09 bits per heavy atom. The van der Waals surface area contributed by atoms with Crippen molar-refractivity contribution < 1.29 is 4.48 Å². The molecule has 1 aliphatic heterocycles. The van der Waals surface area contributed by atoms with E-state index in [-0.39, 0.29) is 0 Å². The van der Waals surface area contributed by atoms with Gasteiger partial charge in [0.2, 0.25) is 0 Å². The van der Waals surface area contributed by atoms with Gasteiger partial charge in [0.1, 0.15) is 5.65 Å². The normalized spacial score (nSPS) is 17.2. The summed E-state index contributed by atoms with van der Waals surface area (Å²) in [6, 6.07) is 4.04. The lowest BCUT2D eigenvalue weighted by Crippen LogP contribution is -2.29. The van der Waals surface area contributed by atoms with Gasteiger partial charge in [-0.2, -0.15) is 5.10 Å². The van der Waals surface area contributed by atoms with Gasteiger partial charge in [-0.05, 0) is 44.0 Å². The molecule has 2 aromatic rings. The third kappa shape index (κ3) is 3.50. The molecule has 0 radical (unpaired) electrons. The highest BCUT2D eigenvalue weighted by Gasteiger charge is 2.15. The SMILES string of the molecule is NC=C(C=NNF)c1cnc2c(ccn2CC2CCNCC2)c1. The Kier molecular flexibility index (Phi) is 4.87. The van der Waals surface area contributed by atoms with E-state index in [1.807, 2.05) is 12.1 Å². The van der Waals surface area contributed by atoms with Crippen molar-refractivity contribution in [2.45, 2.75) is 19.4 Å². The van der Waals surface area contributed by atoms with Crippen molar-refractivity contribution in [3.8, 4) is 0 Å². The third-order valence-electron chi connectivity index (χ3n) is 4.28. The van der Waals surface area contributed by atoms with Crippen molar-refractivity contribution >= 4 is 22.8 Å². The van der Waals surface area contributed by atoms with Crippen LogP contribution < -0.4 is 16.7 Å². The smallest absolute Gasteiger partial charge is 0.139 e. The molecule has 0 amide bonds. The molecule has 3 heterocycles. The maximum Gasteiger partial charge on any atom is 0.139 e. The minimum atomic E-state index is 0.607. The van der Waals surface area contributed by atoms with Crippen LogP contribution in [-0.4, -0.2) is 28.9 Å². The second-order valence-electron chi connectivity index (χ2n) is 5.76. The minimum Gasteiger partial charge on any atom is -0.404 e. The maximum absolute atomic E-state index is 11.9. The zero-order valence-electron chi connectivity index (χ0n) is 12.9. The second kappa shape index (κ2) is 7.23. The second-order valence-corrected chi connectivity index (χ2v) is 5.76. The van der Waals surface area contributed by atoms with Gasteiger partial charge >= 0.3 is 0 Å². The van der Waals surface area contributed by atoms with Crippen LogP contribution in [0.1, 0.15) is 18.4 Å². The standard InChI is InChI=1S/C16H21FN6/c17-22-21-10-15(8-18)14-7-13-3-6-23(16(13)20-9-14)11-12-1-4-19-5-2-12/h3,6-10,12,19,22H,1-2,4-5,11,18H2. The summed E-state index contributed by atoms with van der Waals surface area (Å²) in [5, 5.41) is 7.78. The van der Waals surface area contributed by atoms with Crippen molar-refractivity contribution in [2.75, 3.05) is 13.1 Å². The number of fused-ring (bicyclic) bond motifs is 1. The van der Waals surface area contributed by atoms with Crippen molar-refractivity contribution in [3.63, 3.8) is 0 Å². The van der Waals surface area contributed by atoms with Crippen LogP contribution in [-0.2, 0) is 6.54 Å². The van der Waals surface area contributed by atoms with E-state index in [4.69, 9.17) is 5.73 Å². The summed E-state index contributed by atoms with van der Waals surface area (Å²) in [6.45, 7) is 3.17. The Balaban J connectivity index is 1.83. The molecule has 1 aliphatic rings. The fourth-order valence-corrected chi connectivity index (χ4v) is 3.03. The van der Waals surface area contributed by atoms with E-state index in [1.165, 1.54) is 30.9 Å². The summed E-state index contributed by atoms with van der Waals surface area (Å²) in [5.41, 5.74) is 9.18. The Labute approximate surface area is 134 Å². The lowest BCUT2D eigenvalue weighted by molar-refractivity contribution is 0.336. The number of rotatable bonds is 5. The summed E-state index contributed by atoms with van der Waals surface area (Å²) in [5.74, 6) is 0.690. The molecule has 7 heteroatoms. The predicted octanol–water partition coefficient (Wildman–Crippen LogP) is 1.80. The van der Waals surface area contributed by atoms with E-state index < -0.39 is 0 Å². The topological polar surface area (TPSA) is 80.3 Å². The molecule has 0 aromatic carbocycles. The average molecular weight is 316 g/mol. The first kappa shape index (κ1) is 15.5. The van der Waals surface area contributed by atoms with Gasteiger partial charge in [0.15, 0.2) is 0 Å². The number of pyridine rings is 1. The summed E-state index contributed by atoms with van der Waals surface area (Å²) in [6.07, 6.45) is 8.93. The molecular weight excluding hydrogens is 295 g/mol. The summed E-state index contributed by atoms with van der Waals surface area (Å²) >= 11 is 0. The number of hydrogen-bond acceptors (Lipinski definition) is 5. The predicted molar refractivity (Wildman–Crippen MR) is 90.2 cm³/mol. The van der Waals surface area contributed by atoms with Crippen LogP contribution in [0.5, 0.6) is 0 Å². The molecule has 122 valence electrons. The number of halogens is 1. The van der Waals surface area contributed by atoms with Crippen molar-refractivity contribution in [2.24, 2.45) is 16.8 Å². The van der Waals surface area contributed by atoms with Crippen molar-refractivity contribution in [1.82, 2.24) is 20.5 Å². The molecule has 0 unspecified atom stereocenters. The molecule has 4 N–H and O–H groups in total. The molecule has 0 atom stereocenters. The highest BCUT2D eigenvalue weighted by molar-refractivity contribution is 6.10. The van der Waals surface area contributed by atoms with Crippen LogP contribution in [0.4, 0.5) is 4.48 Å². The number of piperidine rings is 1. The molecule has 0 bridgehead atoms. The van der Waals surface area contributed by atoms with Gasteiger partial charge in [0, 0.05) is 41.7 Å². The lowest BCUT2D eigenvalue weighted by Gasteiger charge is -2.23. The number of aromatic nitrogens is 2. The van der Waals surface area contributed by atoms with E-state index in [0.717, 1.165) is 36.2 Å². The monoisotopic (exact) mass is 316 g/mol. The summed E-state index contributed by atoms with van der Waals surface area (Å²) in [7, 11) is 0. The fourth-order valence-electron chi connectivity index (χ4n) is 3.03. The molecule has 2 aromatic heterocycles. The fraction of sp³-hybridized carbons (Fsp3) is 0.375. The number of allylic oxidation sites excluding steroid dienone is 1. The number of nitrogens with one attached hydrogen (secondary N) is 2. The molecule has 1 fully saturated rings. The van der Waals surface area contributed by atoms with Crippen LogP contribution in [0, 0.1) is 5.92 Å². The molecular formula is C16H21FN6. The van der Waals surface area contributed by atoms with E-state index in [0.29, 0.717) is 11.5 Å². The van der Waals surface area contributed by atoms with Crippen LogP contribution in [0.15, 0.2) is 35.8 Å². The van der Waals surface area contributed by atoms with Crippen LogP contribution in [0.25, 0.3) is 16.6 Å². The van der Waals surface area contributed by atoms with Gasteiger partial charge in [-0.3, -0.25) is 0 Å². The van der Waals surface area contributed by atoms with E-state index >= 15 is 0 Å². The van der Waals surface area contributed by atoms with Gasteiger partial charge in [-0.15, -0.1) is 5.65 Å². The van der Waals surface area contributed by atoms with Gasteiger partial charge in [0.05, 0.1) is 6.21 Å². The maximum atomic E-state index is 11.9. The number of hydrazone groups is 1. The molecule has 6 nitrogen and oxygen atoms in total. The molecule has 3 rings (SSSR count). The minimum absolute atomic E-state index is 0.607. The zero-order valence-corrected chi connectivity index (χ0v) is 12.9. The van der Waals surface area contributed by atoms with Crippen LogP contribution in [0.3, 0.4) is 0 Å². The molecule has 23 heavy (non-hydrogen) atoms. The Bertz CT molecular complexity index is 714. The lowest BCUT2D eigenvalue weighted by atomic mass is 9.98. The van der Waals surface area contributed by atoms with Crippen molar-refractivity contribution in [1.29, 1.82) is 0 Å². The van der Waals surface area contributed by atoms with Gasteiger partial charge in [-0.1, -0.05) is 4.48 Å². The first-order valence-electron chi connectivity index (χ1n) is 7.78. The largest absolute Gasteiger partial charge is 0.404 e. The first-order chi connectivity index (χ1) is 11.3. The number of nitrogens with zero attached hydrogens (tertiary/aromatic N) is 3. The molecule has 0 spiro atoms. The van der Waals surface area contributed by atoms with E-state index in [2.05, 4.69) is 26.2 Å². The quantitative estimate of drug-likeness (QED) is 0.446. The molecule has 0 saturated carbocycles. The molecule has 0 aliphatic carbocycles. The zero-order chi connectivity index (χ0) is 16.1. The summed E-state index contributed by atoms with van der Waals surface area (Å²) in [4.78, 5) is 4.56. The Hall–Kier alpha value is -2.41. The van der Waals surface area contributed by atoms with Crippen LogP contribution >= 0.6 is 0 Å². The number of nitrogens with two attached hydrogens (primary N) is 1. The molecule has 1 saturated heterocycles. The van der Waals surface area contributed by atoms with Gasteiger partial charge in [-0.25, -0.2) is 4.98 Å². The van der Waals surface area contributed by atoms with Gasteiger partial charge < -0.3 is 15.6 Å². The van der Waals surface area contributed by atoms with Crippen LogP contribution in [0.2, 0.25) is 0 Å². The van der Waals surface area contributed by atoms with E-state index in [9.17, 15) is 4.48 Å².